The number of thiazole rings is 1. The zero-order chi connectivity index (χ0) is 20.2. The molecule has 4 rings (SSSR count). The molecular weight excluding hydrogens is 386 g/mol. The number of benzene rings is 2. The van der Waals surface area contributed by atoms with Gasteiger partial charge in [-0.05, 0) is 38.1 Å². The molecule has 0 radical (unpaired) electrons. The molecule has 29 heavy (non-hydrogen) atoms. The molecule has 146 valence electrons. The number of amides is 1. The van der Waals surface area contributed by atoms with Crippen molar-refractivity contribution in [3.8, 4) is 17.0 Å². The van der Waals surface area contributed by atoms with E-state index in [-0.39, 0.29) is 5.91 Å². The van der Waals surface area contributed by atoms with Gasteiger partial charge in [-0.15, -0.1) is 11.3 Å². The maximum atomic E-state index is 12.5. The predicted molar refractivity (Wildman–Crippen MR) is 112 cm³/mol. The molecule has 4 aromatic rings. The molecule has 0 unspecified atom stereocenters. The van der Waals surface area contributed by atoms with Crippen LogP contribution in [0.4, 0.5) is 5.13 Å². The number of ether oxygens (including phenoxy) is 1. The third kappa shape index (κ3) is 4.35. The van der Waals surface area contributed by atoms with Gasteiger partial charge in [0.15, 0.2) is 5.13 Å². The summed E-state index contributed by atoms with van der Waals surface area (Å²) in [4.78, 5) is 17.0. The van der Waals surface area contributed by atoms with Crippen LogP contribution in [-0.2, 0) is 6.61 Å². The summed E-state index contributed by atoms with van der Waals surface area (Å²) in [5.41, 5.74) is 4.14. The Hall–Kier alpha value is -3.45. The Morgan fingerprint density at radius 2 is 1.86 bits per heavy atom. The Morgan fingerprint density at radius 1 is 1.10 bits per heavy atom. The van der Waals surface area contributed by atoms with Gasteiger partial charge in [-0.3, -0.25) is 10.1 Å². The first-order valence-corrected chi connectivity index (χ1v) is 9.95. The van der Waals surface area contributed by atoms with Crippen LogP contribution in [0.2, 0.25) is 0 Å². The number of rotatable bonds is 6. The summed E-state index contributed by atoms with van der Waals surface area (Å²) in [6.07, 6.45) is 0. The van der Waals surface area contributed by atoms with E-state index < -0.39 is 0 Å². The Kier molecular flexibility index (Phi) is 5.39. The van der Waals surface area contributed by atoms with E-state index in [1.165, 1.54) is 11.3 Å². The molecule has 2 heterocycles. The average molecular weight is 405 g/mol. The summed E-state index contributed by atoms with van der Waals surface area (Å²) in [6.45, 7) is 4.10. The molecule has 2 aromatic heterocycles. The smallest absolute Gasteiger partial charge is 0.257 e. The molecule has 0 aliphatic heterocycles. The second-order valence-corrected chi connectivity index (χ2v) is 7.33. The van der Waals surface area contributed by atoms with Crippen LogP contribution < -0.4 is 10.1 Å². The number of hydrogen-bond acceptors (Lipinski definition) is 6. The number of aromatic nitrogens is 2. The van der Waals surface area contributed by atoms with Crippen molar-refractivity contribution in [2.75, 3.05) is 5.32 Å². The largest absolute Gasteiger partial charge is 0.489 e. The molecule has 0 aliphatic rings. The van der Waals surface area contributed by atoms with Crippen molar-refractivity contribution in [3.63, 3.8) is 0 Å². The number of carbonyl (C=O) groups is 1. The van der Waals surface area contributed by atoms with Crippen molar-refractivity contribution in [1.82, 2.24) is 10.1 Å². The molecule has 0 atom stereocenters. The zero-order valence-electron chi connectivity index (χ0n) is 16.0. The fourth-order valence-electron chi connectivity index (χ4n) is 2.81. The van der Waals surface area contributed by atoms with E-state index in [0.29, 0.717) is 23.1 Å². The van der Waals surface area contributed by atoms with Crippen molar-refractivity contribution in [3.05, 3.63) is 82.6 Å². The first kappa shape index (κ1) is 18.9. The highest BCUT2D eigenvalue weighted by molar-refractivity contribution is 7.14. The minimum absolute atomic E-state index is 0.212. The molecule has 7 heteroatoms. The Bertz CT molecular complexity index is 1100. The lowest BCUT2D eigenvalue weighted by Gasteiger charge is -2.07. The molecular formula is C22H19N3O3S. The van der Waals surface area contributed by atoms with Gasteiger partial charge in [0.05, 0.1) is 17.0 Å². The van der Waals surface area contributed by atoms with E-state index >= 15 is 0 Å². The van der Waals surface area contributed by atoms with Crippen LogP contribution in [0.15, 0.2) is 64.5 Å². The van der Waals surface area contributed by atoms with Gasteiger partial charge in [0.25, 0.3) is 5.91 Å². The highest BCUT2D eigenvalue weighted by atomic mass is 32.1. The summed E-state index contributed by atoms with van der Waals surface area (Å²) < 4.78 is 10.9. The van der Waals surface area contributed by atoms with Gasteiger partial charge >= 0.3 is 0 Å². The molecule has 1 N–H and O–H groups in total. The first-order valence-electron chi connectivity index (χ1n) is 9.07. The fourth-order valence-corrected chi connectivity index (χ4v) is 3.52. The highest BCUT2D eigenvalue weighted by Crippen LogP contribution is 2.25. The van der Waals surface area contributed by atoms with Crippen molar-refractivity contribution < 1.29 is 14.1 Å². The standard InChI is InChI=1S/C22H19N3O3S/c1-14-19(15(2)28-25-14)12-27-18-10-8-17(9-11-18)21(26)24-22-23-20(13-29-22)16-6-4-3-5-7-16/h3-11,13H,12H2,1-2H3,(H,23,24,26). The monoisotopic (exact) mass is 405 g/mol. The Morgan fingerprint density at radius 3 is 2.55 bits per heavy atom. The summed E-state index contributed by atoms with van der Waals surface area (Å²) in [5, 5.41) is 9.25. The van der Waals surface area contributed by atoms with Gasteiger partial charge in [0.1, 0.15) is 18.1 Å². The predicted octanol–water partition coefficient (Wildman–Crippen LogP) is 5.25. The first-order chi connectivity index (χ1) is 14.1. The van der Waals surface area contributed by atoms with Gasteiger partial charge in [-0.1, -0.05) is 35.5 Å². The summed E-state index contributed by atoms with van der Waals surface area (Å²) in [5.74, 6) is 1.20. The minimum Gasteiger partial charge on any atom is -0.489 e. The normalized spacial score (nSPS) is 10.7. The van der Waals surface area contributed by atoms with E-state index in [2.05, 4.69) is 15.5 Å². The molecule has 0 fully saturated rings. The van der Waals surface area contributed by atoms with Gasteiger partial charge in [0.2, 0.25) is 0 Å². The molecule has 6 nitrogen and oxygen atoms in total. The van der Waals surface area contributed by atoms with Crippen LogP contribution in [0.25, 0.3) is 11.3 Å². The van der Waals surface area contributed by atoms with E-state index in [1.54, 1.807) is 24.3 Å². The summed E-state index contributed by atoms with van der Waals surface area (Å²) >= 11 is 1.40. The highest BCUT2D eigenvalue weighted by Gasteiger charge is 2.12. The lowest BCUT2D eigenvalue weighted by Crippen LogP contribution is -2.11. The quantitative estimate of drug-likeness (QED) is 0.474. The number of carbonyl (C=O) groups excluding carboxylic acids is 1. The van der Waals surface area contributed by atoms with Crippen LogP contribution in [0.1, 0.15) is 27.4 Å². The van der Waals surface area contributed by atoms with Gasteiger partial charge in [-0.2, -0.15) is 0 Å². The van der Waals surface area contributed by atoms with Crippen LogP contribution in [0, 0.1) is 13.8 Å². The molecule has 0 spiro atoms. The zero-order valence-corrected chi connectivity index (χ0v) is 16.8. The van der Waals surface area contributed by atoms with Crippen molar-refractivity contribution in [2.45, 2.75) is 20.5 Å². The number of hydrogen-bond donors (Lipinski definition) is 1. The van der Waals surface area contributed by atoms with Gasteiger partial charge in [0, 0.05) is 16.5 Å². The van der Waals surface area contributed by atoms with Crippen LogP contribution in [-0.4, -0.2) is 16.0 Å². The van der Waals surface area contributed by atoms with Crippen molar-refractivity contribution >= 4 is 22.4 Å². The second-order valence-electron chi connectivity index (χ2n) is 6.47. The lowest BCUT2D eigenvalue weighted by atomic mass is 10.2. The maximum Gasteiger partial charge on any atom is 0.257 e. The Balaban J connectivity index is 1.38. The van der Waals surface area contributed by atoms with E-state index in [4.69, 9.17) is 9.26 Å². The number of nitrogens with zero attached hydrogens (tertiary/aromatic N) is 2. The maximum absolute atomic E-state index is 12.5. The third-order valence-electron chi connectivity index (χ3n) is 4.48. The summed E-state index contributed by atoms with van der Waals surface area (Å²) in [6, 6.07) is 16.8. The molecule has 0 aliphatic carbocycles. The van der Waals surface area contributed by atoms with E-state index in [1.807, 2.05) is 49.6 Å². The second kappa shape index (κ2) is 8.28. The van der Waals surface area contributed by atoms with Crippen LogP contribution in [0.3, 0.4) is 0 Å². The average Bonchev–Trinajstić information content (AvgIpc) is 3.34. The van der Waals surface area contributed by atoms with Gasteiger partial charge in [-0.25, -0.2) is 4.98 Å². The molecule has 0 saturated heterocycles. The van der Waals surface area contributed by atoms with Crippen molar-refractivity contribution in [2.24, 2.45) is 0 Å². The molecule has 1 amide bonds. The topological polar surface area (TPSA) is 77.2 Å². The minimum atomic E-state index is -0.212. The lowest BCUT2D eigenvalue weighted by molar-refractivity contribution is 0.102. The number of anilines is 1. The van der Waals surface area contributed by atoms with Gasteiger partial charge < -0.3 is 9.26 Å². The number of nitrogens with one attached hydrogen (secondary N) is 1. The summed E-state index contributed by atoms with van der Waals surface area (Å²) in [7, 11) is 0. The Labute approximate surface area is 172 Å². The SMILES string of the molecule is Cc1noc(C)c1COc1ccc(C(=O)Nc2nc(-c3ccccc3)cs2)cc1. The van der Waals surface area contributed by atoms with Crippen LogP contribution in [0.5, 0.6) is 5.75 Å². The fraction of sp³-hybridized carbons (Fsp3) is 0.136. The molecule has 0 bridgehead atoms. The van der Waals surface area contributed by atoms with Crippen molar-refractivity contribution in [1.29, 1.82) is 0 Å². The molecule has 0 saturated carbocycles. The van der Waals surface area contributed by atoms with E-state index in [9.17, 15) is 4.79 Å². The number of aryl methyl sites for hydroxylation is 2. The molecule has 2 aromatic carbocycles. The third-order valence-corrected chi connectivity index (χ3v) is 5.23. The van der Waals surface area contributed by atoms with Crippen LogP contribution >= 0.6 is 11.3 Å². The van der Waals surface area contributed by atoms with E-state index in [0.717, 1.165) is 28.3 Å².